The van der Waals surface area contributed by atoms with Gasteiger partial charge in [0.15, 0.2) is 0 Å². The normalized spacial score (nSPS) is 22.4. The number of piperidine rings is 1. The topological polar surface area (TPSA) is 29.3 Å². The highest BCUT2D eigenvalue weighted by Gasteiger charge is 2.42. The highest BCUT2D eigenvalue weighted by Crippen LogP contribution is 2.36. The van der Waals surface area contributed by atoms with E-state index >= 15 is 0 Å². The summed E-state index contributed by atoms with van der Waals surface area (Å²) >= 11 is 0. The second-order valence-corrected chi connectivity index (χ2v) is 5.17. The molecule has 1 aliphatic rings. The predicted octanol–water partition coefficient (Wildman–Crippen LogP) is 3.49. The Kier molecular flexibility index (Phi) is 4.04. The molecule has 5 heteroatoms. The second-order valence-electron chi connectivity index (χ2n) is 5.17. The molecule has 0 aromatic heterocycles. The van der Waals surface area contributed by atoms with Crippen LogP contribution in [0.5, 0.6) is 0 Å². The van der Waals surface area contributed by atoms with Crippen LogP contribution in [0.15, 0.2) is 24.3 Å². The number of anilines is 1. The summed E-state index contributed by atoms with van der Waals surface area (Å²) in [4.78, 5) is 1.82. The predicted molar refractivity (Wildman–Crippen MR) is 70.0 cm³/mol. The van der Waals surface area contributed by atoms with E-state index in [4.69, 9.17) is 5.73 Å². The molecule has 2 atom stereocenters. The number of nitrogens with two attached hydrogens (primary N) is 1. The quantitative estimate of drug-likeness (QED) is 0.893. The summed E-state index contributed by atoms with van der Waals surface area (Å²) in [5.41, 5.74) is 7.64. The van der Waals surface area contributed by atoms with Gasteiger partial charge in [-0.2, -0.15) is 13.2 Å². The van der Waals surface area contributed by atoms with Crippen molar-refractivity contribution < 1.29 is 13.2 Å². The van der Waals surface area contributed by atoms with E-state index in [2.05, 4.69) is 0 Å². The third-order valence-corrected chi connectivity index (χ3v) is 3.65. The van der Waals surface area contributed by atoms with E-state index in [1.165, 1.54) is 0 Å². The summed E-state index contributed by atoms with van der Waals surface area (Å²) in [6, 6.07) is 7.28. The molecule has 1 heterocycles. The van der Waals surface area contributed by atoms with Gasteiger partial charge < -0.3 is 10.6 Å². The van der Waals surface area contributed by atoms with Crippen LogP contribution in [0.2, 0.25) is 0 Å². The summed E-state index contributed by atoms with van der Waals surface area (Å²) in [6.45, 7) is 2.55. The summed E-state index contributed by atoms with van der Waals surface area (Å²) in [6.07, 6.45) is -3.32. The maximum Gasteiger partial charge on any atom is 0.393 e. The SMILES string of the molecule is CC(N)c1ccccc1N1CCCC(C(F)(F)F)C1. The lowest BCUT2D eigenvalue weighted by Gasteiger charge is -2.36. The van der Waals surface area contributed by atoms with Crippen molar-refractivity contribution in [3.8, 4) is 0 Å². The lowest BCUT2D eigenvalue weighted by atomic mass is 9.95. The molecular weight excluding hydrogens is 253 g/mol. The van der Waals surface area contributed by atoms with Gasteiger partial charge >= 0.3 is 6.18 Å². The van der Waals surface area contributed by atoms with Crippen LogP contribution in [0.3, 0.4) is 0 Å². The molecule has 0 amide bonds. The first kappa shape index (κ1) is 14.2. The van der Waals surface area contributed by atoms with Gasteiger partial charge in [0.2, 0.25) is 0 Å². The van der Waals surface area contributed by atoms with Crippen LogP contribution < -0.4 is 10.6 Å². The van der Waals surface area contributed by atoms with Crippen molar-refractivity contribution >= 4 is 5.69 Å². The lowest BCUT2D eigenvalue weighted by molar-refractivity contribution is -0.176. The van der Waals surface area contributed by atoms with E-state index in [0.717, 1.165) is 11.3 Å². The van der Waals surface area contributed by atoms with Crippen molar-refractivity contribution in [1.82, 2.24) is 0 Å². The highest BCUT2D eigenvalue weighted by molar-refractivity contribution is 5.55. The van der Waals surface area contributed by atoms with Crippen molar-refractivity contribution in [2.75, 3.05) is 18.0 Å². The first-order valence-corrected chi connectivity index (χ1v) is 6.55. The molecule has 0 spiro atoms. The number of nitrogens with zero attached hydrogens (tertiary/aromatic N) is 1. The molecule has 0 saturated carbocycles. The Morgan fingerprint density at radius 1 is 1.32 bits per heavy atom. The molecule has 0 aliphatic carbocycles. The number of halogens is 3. The molecule has 1 saturated heterocycles. The number of hydrogen-bond acceptors (Lipinski definition) is 2. The molecule has 1 aromatic rings. The van der Waals surface area contributed by atoms with Crippen molar-refractivity contribution in [3.63, 3.8) is 0 Å². The summed E-state index contributed by atoms with van der Waals surface area (Å²) in [5, 5.41) is 0. The van der Waals surface area contributed by atoms with Crippen LogP contribution in [0, 0.1) is 5.92 Å². The molecule has 1 aromatic carbocycles. The largest absolute Gasteiger partial charge is 0.393 e. The molecular formula is C14H19F3N2. The van der Waals surface area contributed by atoms with E-state index in [-0.39, 0.29) is 19.0 Å². The summed E-state index contributed by atoms with van der Waals surface area (Å²) in [5.74, 6) is -1.23. The molecule has 0 bridgehead atoms. The molecule has 2 rings (SSSR count). The van der Waals surface area contributed by atoms with Gasteiger partial charge in [-0.15, -0.1) is 0 Å². The van der Waals surface area contributed by atoms with E-state index in [1.807, 2.05) is 36.1 Å². The fourth-order valence-corrected chi connectivity index (χ4v) is 2.62. The van der Waals surface area contributed by atoms with Gasteiger partial charge in [0.25, 0.3) is 0 Å². The Bertz CT molecular complexity index is 429. The molecule has 1 fully saturated rings. The number of rotatable bonds is 2. The first-order chi connectivity index (χ1) is 8.89. The third kappa shape index (κ3) is 3.21. The van der Waals surface area contributed by atoms with Gasteiger partial charge in [0, 0.05) is 24.8 Å². The van der Waals surface area contributed by atoms with Gasteiger partial charge in [0.05, 0.1) is 5.92 Å². The van der Waals surface area contributed by atoms with Crippen molar-refractivity contribution in [2.45, 2.75) is 32.0 Å². The molecule has 1 aliphatic heterocycles. The van der Waals surface area contributed by atoms with Crippen molar-refractivity contribution in [2.24, 2.45) is 11.7 Å². The van der Waals surface area contributed by atoms with E-state index in [0.29, 0.717) is 13.0 Å². The fourth-order valence-electron chi connectivity index (χ4n) is 2.62. The Hall–Kier alpha value is -1.23. The van der Waals surface area contributed by atoms with Gasteiger partial charge in [-0.1, -0.05) is 18.2 Å². The fraction of sp³-hybridized carbons (Fsp3) is 0.571. The summed E-state index contributed by atoms with van der Waals surface area (Å²) in [7, 11) is 0. The van der Waals surface area contributed by atoms with Gasteiger partial charge in [-0.25, -0.2) is 0 Å². The minimum absolute atomic E-state index is 0.0350. The Labute approximate surface area is 111 Å². The zero-order valence-electron chi connectivity index (χ0n) is 11.0. The zero-order chi connectivity index (χ0) is 14.0. The Morgan fingerprint density at radius 3 is 2.63 bits per heavy atom. The van der Waals surface area contributed by atoms with E-state index < -0.39 is 12.1 Å². The van der Waals surface area contributed by atoms with Crippen LogP contribution in [0.25, 0.3) is 0 Å². The number of hydrogen-bond donors (Lipinski definition) is 1. The smallest absolute Gasteiger partial charge is 0.371 e. The third-order valence-electron chi connectivity index (χ3n) is 3.65. The maximum atomic E-state index is 12.8. The number of para-hydroxylation sites is 1. The minimum atomic E-state index is -4.11. The molecule has 2 nitrogen and oxygen atoms in total. The standard InChI is InChI=1S/C14H19F3N2/c1-10(18)12-6-2-3-7-13(12)19-8-4-5-11(9-19)14(15,16)17/h2-3,6-7,10-11H,4-5,8-9,18H2,1H3. The molecule has 0 radical (unpaired) electrons. The van der Waals surface area contributed by atoms with E-state index in [1.54, 1.807) is 0 Å². The van der Waals surface area contributed by atoms with Crippen molar-refractivity contribution in [3.05, 3.63) is 29.8 Å². The van der Waals surface area contributed by atoms with Crippen LogP contribution in [0.1, 0.15) is 31.4 Å². The Balaban J connectivity index is 2.22. The molecule has 106 valence electrons. The maximum absolute atomic E-state index is 12.8. The van der Waals surface area contributed by atoms with Crippen LogP contribution in [0.4, 0.5) is 18.9 Å². The minimum Gasteiger partial charge on any atom is -0.371 e. The molecule has 19 heavy (non-hydrogen) atoms. The first-order valence-electron chi connectivity index (χ1n) is 6.55. The average molecular weight is 272 g/mol. The van der Waals surface area contributed by atoms with Gasteiger partial charge in [0.1, 0.15) is 0 Å². The second kappa shape index (κ2) is 5.41. The van der Waals surface area contributed by atoms with Crippen LogP contribution in [-0.4, -0.2) is 19.3 Å². The lowest BCUT2D eigenvalue weighted by Crippen LogP contribution is -2.42. The molecule has 2 N–H and O–H groups in total. The monoisotopic (exact) mass is 272 g/mol. The number of alkyl halides is 3. The molecule has 2 unspecified atom stereocenters. The summed E-state index contributed by atoms with van der Waals surface area (Å²) < 4.78 is 38.5. The average Bonchev–Trinajstić information content (AvgIpc) is 2.38. The van der Waals surface area contributed by atoms with Crippen molar-refractivity contribution in [1.29, 1.82) is 0 Å². The highest BCUT2D eigenvalue weighted by atomic mass is 19.4. The Morgan fingerprint density at radius 2 is 2.00 bits per heavy atom. The van der Waals surface area contributed by atoms with Crippen LogP contribution >= 0.6 is 0 Å². The van der Waals surface area contributed by atoms with E-state index in [9.17, 15) is 13.2 Å². The van der Waals surface area contributed by atoms with Crippen LogP contribution in [-0.2, 0) is 0 Å². The van der Waals surface area contributed by atoms with Gasteiger partial charge in [-0.3, -0.25) is 0 Å². The van der Waals surface area contributed by atoms with Gasteiger partial charge in [-0.05, 0) is 31.4 Å². The zero-order valence-corrected chi connectivity index (χ0v) is 11.0. The number of benzene rings is 1.